The number of rotatable bonds is 8. The van der Waals surface area contributed by atoms with Gasteiger partial charge in [0.1, 0.15) is 5.75 Å². The van der Waals surface area contributed by atoms with Crippen molar-refractivity contribution in [3.05, 3.63) is 54.6 Å². The fourth-order valence-electron chi connectivity index (χ4n) is 2.09. The molecule has 1 N–H and O–H groups in total. The first-order valence-corrected chi connectivity index (χ1v) is 7.39. The van der Waals surface area contributed by atoms with E-state index in [-0.39, 0.29) is 12.4 Å². The average molecular weight is 306 g/mol. The molecule has 21 heavy (non-hydrogen) atoms. The molecule has 114 valence electrons. The SMILES string of the molecule is CCCNCCCOc1cccc(-c2ccccc2)c1.Cl. The van der Waals surface area contributed by atoms with E-state index in [0.717, 1.165) is 31.9 Å². The molecule has 0 saturated heterocycles. The summed E-state index contributed by atoms with van der Waals surface area (Å²) in [7, 11) is 0. The molecule has 0 atom stereocenters. The lowest BCUT2D eigenvalue weighted by Gasteiger charge is -2.08. The van der Waals surface area contributed by atoms with E-state index in [0.29, 0.717) is 0 Å². The van der Waals surface area contributed by atoms with Crippen LogP contribution >= 0.6 is 12.4 Å². The van der Waals surface area contributed by atoms with Gasteiger partial charge in [-0.3, -0.25) is 0 Å². The molecule has 0 aliphatic rings. The molecule has 2 aromatic rings. The van der Waals surface area contributed by atoms with Crippen molar-refractivity contribution in [2.24, 2.45) is 0 Å². The Kier molecular flexibility index (Phi) is 8.56. The van der Waals surface area contributed by atoms with Gasteiger partial charge >= 0.3 is 0 Å². The molecular weight excluding hydrogens is 282 g/mol. The second-order valence-corrected chi connectivity index (χ2v) is 4.85. The monoisotopic (exact) mass is 305 g/mol. The second kappa shape index (κ2) is 10.3. The zero-order valence-corrected chi connectivity index (χ0v) is 13.4. The van der Waals surface area contributed by atoms with E-state index in [1.54, 1.807) is 0 Å². The first-order valence-electron chi connectivity index (χ1n) is 7.39. The zero-order valence-electron chi connectivity index (χ0n) is 12.5. The Bertz CT molecular complexity index is 502. The van der Waals surface area contributed by atoms with Gasteiger partial charge in [0.15, 0.2) is 0 Å². The molecule has 0 saturated carbocycles. The van der Waals surface area contributed by atoms with Crippen LogP contribution in [0.3, 0.4) is 0 Å². The molecule has 2 rings (SSSR count). The van der Waals surface area contributed by atoms with E-state index in [4.69, 9.17) is 4.74 Å². The first kappa shape index (κ1) is 17.5. The molecule has 0 aliphatic carbocycles. The van der Waals surface area contributed by atoms with Crippen LogP contribution in [-0.4, -0.2) is 19.7 Å². The summed E-state index contributed by atoms with van der Waals surface area (Å²) in [5, 5.41) is 3.38. The Hall–Kier alpha value is -1.51. The highest BCUT2D eigenvalue weighted by atomic mass is 35.5. The van der Waals surface area contributed by atoms with Crippen LogP contribution < -0.4 is 10.1 Å². The van der Waals surface area contributed by atoms with Crippen LogP contribution in [-0.2, 0) is 0 Å². The van der Waals surface area contributed by atoms with Gasteiger partial charge in [-0.25, -0.2) is 0 Å². The zero-order chi connectivity index (χ0) is 14.0. The maximum atomic E-state index is 5.81. The summed E-state index contributed by atoms with van der Waals surface area (Å²) in [5.41, 5.74) is 2.43. The molecule has 0 heterocycles. The minimum Gasteiger partial charge on any atom is -0.494 e. The smallest absolute Gasteiger partial charge is 0.119 e. The molecular formula is C18H24ClNO. The molecule has 0 fully saturated rings. The Morgan fingerprint density at radius 3 is 2.43 bits per heavy atom. The number of nitrogens with one attached hydrogen (secondary N) is 1. The minimum absolute atomic E-state index is 0. The molecule has 2 nitrogen and oxygen atoms in total. The molecule has 3 heteroatoms. The van der Waals surface area contributed by atoms with Crippen molar-refractivity contribution in [2.45, 2.75) is 19.8 Å². The van der Waals surface area contributed by atoms with Gasteiger partial charge in [-0.1, -0.05) is 49.4 Å². The Morgan fingerprint density at radius 1 is 0.905 bits per heavy atom. The highest BCUT2D eigenvalue weighted by Gasteiger charge is 1.99. The summed E-state index contributed by atoms with van der Waals surface area (Å²) >= 11 is 0. The largest absolute Gasteiger partial charge is 0.494 e. The van der Waals surface area contributed by atoms with Gasteiger partial charge in [0, 0.05) is 0 Å². The maximum absolute atomic E-state index is 5.81. The molecule has 2 aromatic carbocycles. The number of hydrogen-bond donors (Lipinski definition) is 1. The molecule has 0 aromatic heterocycles. The van der Waals surface area contributed by atoms with Gasteiger partial charge in [0.05, 0.1) is 6.61 Å². The van der Waals surface area contributed by atoms with E-state index in [1.807, 2.05) is 18.2 Å². The molecule has 0 unspecified atom stereocenters. The quantitative estimate of drug-likeness (QED) is 0.723. The normalized spacial score (nSPS) is 9.95. The fourth-order valence-corrected chi connectivity index (χ4v) is 2.09. The summed E-state index contributed by atoms with van der Waals surface area (Å²) in [4.78, 5) is 0. The number of hydrogen-bond acceptors (Lipinski definition) is 2. The topological polar surface area (TPSA) is 21.3 Å². The Labute approximate surface area is 133 Å². The fraction of sp³-hybridized carbons (Fsp3) is 0.333. The van der Waals surface area contributed by atoms with Gasteiger partial charge in [-0.2, -0.15) is 0 Å². The van der Waals surface area contributed by atoms with Gasteiger partial charge in [-0.05, 0) is 49.2 Å². The highest BCUT2D eigenvalue weighted by Crippen LogP contribution is 2.23. The number of halogens is 1. The second-order valence-electron chi connectivity index (χ2n) is 4.85. The predicted molar refractivity (Wildman–Crippen MR) is 92.4 cm³/mol. The third-order valence-corrected chi connectivity index (χ3v) is 3.13. The lowest BCUT2D eigenvalue weighted by atomic mass is 10.1. The highest BCUT2D eigenvalue weighted by molar-refractivity contribution is 5.85. The average Bonchev–Trinajstić information content (AvgIpc) is 2.52. The summed E-state index contributed by atoms with van der Waals surface area (Å²) in [5.74, 6) is 0.946. The van der Waals surface area contributed by atoms with Crippen LogP contribution in [0, 0.1) is 0 Å². The number of ether oxygens (including phenoxy) is 1. The first-order chi connectivity index (χ1) is 9.90. The Balaban J connectivity index is 0.00000220. The van der Waals surface area contributed by atoms with Gasteiger partial charge in [0.25, 0.3) is 0 Å². The molecule has 0 aliphatic heterocycles. The van der Waals surface area contributed by atoms with Crippen LogP contribution in [0.15, 0.2) is 54.6 Å². The summed E-state index contributed by atoms with van der Waals surface area (Å²) in [6.45, 7) is 5.04. The number of benzene rings is 2. The molecule has 0 amide bonds. The van der Waals surface area contributed by atoms with Crippen molar-refractivity contribution in [1.29, 1.82) is 0 Å². The minimum atomic E-state index is 0. The van der Waals surface area contributed by atoms with Crippen LogP contribution in [0.1, 0.15) is 19.8 Å². The Morgan fingerprint density at radius 2 is 1.67 bits per heavy atom. The van der Waals surface area contributed by atoms with Crippen LogP contribution in [0.2, 0.25) is 0 Å². The van der Waals surface area contributed by atoms with Crippen molar-refractivity contribution >= 4 is 12.4 Å². The lowest BCUT2D eigenvalue weighted by molar-refractivity contribution is 0.308. The van der Waals surface area contributed by atoms with E-state index in [1.165, 1.54) is 17.5 Å². The van der Waals surface area contributed by atoms with Gasteiger partial charge < -0.3 is 10.1 Å². The van der Waals surface area contributed by atoms with E-state index >= 15 is 0 Å². The predicted octanol–water partition coefficient (Wildman–Crippen LogP) is 4.54. The van der Waals surface area contributed by atoms with Gasteiger partial charge in [-0.15, -0.1) is 12.4 Å². The summed E-state index contributed by atoms with van der Waals surface area (Å²) in [6, 6.07) is 18.7. The standard InChI is InChI=1S/C18H23NO.ClH/c1-2-12-19-13-7-14-20-18-11-6-10-17(15-18)16-8-4-3-5-9-16;/h3-6,8-11,15,19H,2,7,12-14H2,1H3;1H. The van der Waals surface area contributed by atoms with Crippen LogP contribution in [0.4, 0.5) is 0 Å². The maximum Gasteiger partial charge on any atom is 0.119 e. The van der Waals surface area contributed by atoms with Crippen molar-refractivity contribution in [3.8, 4) is 16.9 Å². The summed E-state index contributed by atoms with van der Waals surface area (Å²) < 4.78 is 5.81. The van der Waals surface area contributed by atoms with E-state index in [9.17, 15) is 0 Å². The van der Waals surface area contributed by atoms with Gasteiger partial charge in [0.2, 0.25) is 0 Å². The van der Waals surface area contributed by atoms with Crippen LogP contribution in [0.5, 0.6) is 5.75 Å². The molecule has 0 radical (unpaired) electrons. The van der Waals surface area contributed by atoms with Crippen molar-refractivity contribution in [2.75, 3.05) is 19.7 Å². The molecule has 0 bridgehead atoms. The van der Waals surface area contributed by atoms with Crippen molar-refractivity contribution in [1.82, 2.24) is 5.32 Å². The molecule has 0 spiro atoms. The third-order valence-electron chi connectivity index (χ3n) is 3.13. The third kappa shape index (κ3) is 6.19. The van der Waals surface area contributed by atoms with Crippen molar-refractivity contribution in [3.63, 3.8) is 0 Å². The van der Waals surface area contributed by atoms with E-state index < -0.39 is 0 Å². The lowest BCUT2D eigenvalue weighted by Crippen LogP contribution is -2.18. The van der Waals surface area contributed by atoms with Crippen LogP contribution in [0.25, 0.3) is 11.1 Å². The van der Waals surface area contributed by atoms with Crippen molar-refractivity contribution < 1.29 is 4.74 Å². The summed E-state index contributed by atoms with van der Waals surface area (Å²) in [6.07, 6.45) is 2.22. The van der Waals surface area contributed by atoms with E-state index in [2.05, 4.69) is 48.6 Å².